The zero-order chi connectivity index (χ0) is 26.4. The van der Waals surface area contributed by atoms with Crippen LogP contribution in [-0.4, -0.2) is 62.4 Å². The Labute approximate surface area is 220 Å². The van der Waals surface area contributed by atoms with Crippen LogP contribution in [0.5, 0.6) is 5.75 Å². The number of aliphatic hydroxyl groups excluding tert-OH is 1. The minimum atomic E-state index is -0.586. The normalized spacial score (nSPS) is 17.8. The summed E-state index contributed by atoms with van der Waals surface area (Å²) in [5, 5.41) is 11.1. The van der Waals surface area contributed by atoms with E-state index in [1.165, 1.54) is 5.56 Å². The molecule has 38 heavy (non-hydrogen) atoms. The van der Waals surface area contributed by atoms with E-state index in [-0.39, 0.29) is 5.91 Å². The van der Waals surface area contributed by atoms with E-state index < -0.39 is 12.1 Å². The summed E-state index contributed by atoms with van der Waals surface area (Å²) in [4.78, 5) is 20.1. The van der Waals surface area contributed by atoms with E-state index in [4.69, 9.17) is 15.5 Å². The number of hydrogen-bond acceptors (Lipinski definition) is 5. The number of aryl methyl sites for hydroxylation is 1. The molecule has 0 radical (unpaired) electrons. The van der Waals surface area contributed by atoms with Crippen LogP contribution in [0.25, 0.3) is 33.5 Å². The lowest BCUT2D eigenvalue weighted by Crippen LogP contribution is -2.53. The molecule has 0 unspecified atom stereocenters. The van der Waals surface area contributed by atoms with Crippen molar-refractivity contribution in [2.24, 2.45) is 12.8 Å². The number of rotatable bonds is 5. The maximum atomic E-state index is 13.4. The maximum Gasteiger partial charge on any atom is 0.254 e. The molecule has 0 bridgehead atoms. The summed E-state index contributed by atoms with van der Waals surface area (Å²) < 4.78 is 10.1. The summed E-state index contributed by atoms with van der Waals surface area (Å²) in [5.41, 5.74) is 11.3. The van der Waals surface area contributed by atoms with Gasteiger partial charge in [0.25, 0.3) is 5.91 Å². The second kappa shape index (κ2) is 9.63. The first-order chi connectivity index (χ1) is 18.4. The summed E-state index contributed by atoms with van der Waals surface area (Å²) in [6.45, 7) is 1.48. The fourth-order valence-corrected chi connectivity index (χ4v) is 5.49. The van der Waals surface area contributed by atoms with Crippen LogP contribution >= 0.6 is 0 Å². The lowest BCUT2D eigenvalue weighted by Gasteiger charge is -2.34. The van der Waals surface area contributed by atoms with Crippen LogP contribution in [0.15, 0.2) is 72.8 Å². The van der Waals surface area contributed by atoms with Gasteiger partial charge in [0.05, 0.1) is 24.4 Å². The molecule has 6 rings (SSSR count). The largest absolute Gasteiger partial charge is 0.494 e. The average Bonchev–Trinajstić information content (AvgIpc) is 3.47. The number of ether oxygens (including phenoxy) is 1. The van der Waals surface area contributed by atoms with E-state index in [1.54, 1.807) is 18.1 Å². The quantitative estimate of drug-likeness (QED) is 0.376. The fraction of sp³-hybridized carbons (Fsp3) is 0.267. The third-order valence-corrected chi connectivity index (χ3v) is 7.53. The molecule has 1 amide bonds. The number of carbonyl (C=O) groups is 1. The zero-order valence-electron chi connectivity index (χ0n) is 21.5. The Morgan fingerprint density at radius 1 is 1.11 bits per heavy atom. The molecule has 3 heterocycles. The number of methoxy groups -OCH3 is 1. The Bertz CT molecular complexity index is 1640. The molecule has 1 fully saturated rings. The highest BCUT2D eigenvalue weighted by Crippen LogP contribution is 2.35. The van der Waals surface area contributed by atoms with Gasteiger partial charge in [-0.2, -0.15) is 0 Å². The van der Waals surface area contributed by atoms with E-state index in [1.807, 2.05) is 29.8 Å². The van der Waals surface area contributed by atoms with Gasteiger partial charge in [0.1, 0.15) is 11.3 Å². The third-order valence-electron chi connectivity index (χ3n) is 7.53. The molecule has 8 heteroatoms. The number of piperidine rings is 1. The molecular formula is C30H31N5O3. The van der Waals surface area contributed by atoms with Crippen LogP contribution < -0.4 is 10.5 Å². The Hall–Kier alpha value is -4.14. The van der Waals surface area contributed by atoms with Crippen LogP contribution in [0.2, 0.25) is 0 Å². The van der Waals surface area contributed by atoms with Crippen molar-refractivity contribution in [3.63, 3.8) is 0 Å². The second-order valence-electron chi connectivity index (χ2n) is 9.97. The zero-order valence-corrected chi connectivity index (χ0v) is 21.5. The van der Waals surface area contributed by atoms with E-state index in [0.717, 1.165) is 27.9 Å². The number of aromatic nitrogens is 3. The van der Waals surface area contributed by atoms with Gasteiger partial charge in [-0.25, -0.2) is 4.98 Å². The van der Waals surface area contributed by atoms with Crippen molar-refractivity contribution in [2.45, 2.75) is 25.1 Å². The number of fused-ring (bicyclic) bond motifs is 2. The standard InChI is InChI=1S/C30H31N5O3/c1-33-28-23(14-21(16-27(28)38-2)30(37)34-13-12-26(36)22(31)18-34)32-29(33)25-15-20-10-6-7-11-24(20)35(25)17-19-8-4-3-5-9-19/h3-11,14-16,22,26,36H,12-13,17-18,31H2,1-2H3/t22-,26+/m0/s1. The number of imidazole rings is 1. The van der Waals surface area contributed by atoms with Crippen LogP contribution in [-0.2, 0) is 13.6 Å². The van der Waals surface area contributed by atoms with Crippen LogP contribution in [0.3, 0.4) is 0 Å². The first-order valence-electron chi connectivity index (χ1n) is 12.8. The number of likely N-dealkylation sites (tertiary alicyclic amines) is 1. The lowest BCUT2D eigenvalue weighted by atomic mass is 10.0. The molecule has 8 nitrogen and oxygen atoms in total. The molecule has 2 atom stereocenters. The van der Waals surface area contributed by atoms with Crippen molar-refractivity contribution < 1.29 is 14.6 Å². The van der Waals surface area contributed by atoms with Crippen molar-refractivity contribution in [1.29, 1.82) is 0 Å². The molecule has 1 saturated heterocycles. The molecule has 0 spiro atoms. The number of aliphatic hydroxyl groups is 1. The van der Waals surface area contributed by atoms with Crippen LogP contribution in [0.1, 0.15) is 22.3 Å². The van der Waals surface area contributed by atoms with Gasteiger partial charge in [-0.1, -0.05) is 48.5 Å². The Kier molecular flexibility index (Phi) is 6.13. The van der Waals surface area contributed by atoms with Crippen molar-refractivity contribution >= 4 is 27.8 Å². The van der Waals surface area contributed by atoms with Gasteiger partial charge >= 0.3 is 0 Å². The Balaban J connectivity index is 1.46. The van der Waals surface area contributed by atoms with E-state index >= 15 is 0 Å². The first-order valence-corrected chi connectivity index (χ1v) is 12.8. The molecule has 2 aromatic heterocycles. The predicted octanol–water partition coefficient (Wildman–Crippen LogP) is 3.79. The molecule has 3 aromatic carbocycles. The fourth-order valence-electron chi connectivity index (χ4n) is 5.49. The summed E-state index contributed by atoms with van der Waals surface area (Å²) in [5.74, 6) is 1.23. The minimum Gasteiger partial charge on any atom is -0.494 e. The van der Waals surface area contributed by atoms with Gasteiger partial charge in [0, 0.05) is 49.2 Å². The van der Waals surface area contributed by atoms with E-state index in [0.29, 0.717) is 42.9 Å². The van der Waals surface area contributed by atoms with Crippen molar-refractivity contribution in [3.05, 3.63) is 83.9 Å². The molecule has 0 saturated carbocycles. The summed E-state index contributed by atoms with van der Waals surface area (Å²) in [6, 6.07) is 24.0. The number of para-hydroxylation sites is 1. The molecule has 5 aromatic rings. The highest BCUT2D eigenvalue weighted by atomic mass is 16.5. The number of nitrogens with two attached hydrogens (primary N) is 1. The Morgan fingerprint density at radius 3 is 2.63 bits per heavy atom. The smallest absolute Gasteiger partial charge is 0.254 e. The van der Waals surface area contributed by atoms with Crippen molar-refractivity contribution in [1.82, 2.24) is 19.0 Å². The highest BCUT2D eigenvalue weighted by Gasteiger charge is 2.29. The number of carbonyl (C=O) groups excluding carboxylic acids is 1. The van der Waals surface area contributed by atoms with Crippen molar-refractivity contribution in [2.75, 3.05) is 20.2 Å². The van der Waals surface area contributed by atoms with Gasteiger partial charge in [-0.3, -0.25) is 4.79 Å². The summed E-state index contributed by atoms with van der Waals surface area (Å²) >= 11 is 0. The number of hydrogen-bond donors (Lipinski definition) is 2. The van der Waals surface area contributed by atoms with Gasteiger partial charge in [-0.15, -0.1) is 0 Å². The lowest BCUT2D eigenvalue weighted by molar-refractivity contribution is 0.0459. The molecule has 1 aliphatic rings. The maximum absolute atomic E-state index is 13.4. The minimum absolute atomic E-state index is 0.141. The van der Waals surface area contributed by atoms with E-state index in [2.05, 4.69) is 53.1 Å². The average molecular weight is 510 g/mol. The Morgan fingerprint density at radius 2 is 1.87 bits per heavy atom. The molecule has 194 valence electrons. The number of amides is 1. The molecule has 0 aliphatic carbocycles. The molecule has 1 aliphatic heterocycles. The van der Waals surface area contributed by atoms with Crippen LogP contribution in [0, 0.1) is 0 Å². The van der Waals surface area contributed by atoms with Gasteiger partial charge in [0.2, 0.25) is 0 Å². The van der Waals surface area contributed by atoms with Crippen molar-refractivity contribution in [3.8, 4) is 17.3 Å². The molecule has 3 N–H and O–H groups in total. The number of benzene rings is 3. The number of nitrogens with zero attached hydrogens (tertiary/aromatic N) is 4. The van der Waals surface area contributed by atoms with Gasteiger partial charge in [0.15, 0.2) is 5.82 Å². The van der Waals surface area contributed by atoms with Crippen LogP contribution in [0.4, 0.5) is 0 Å². The predicted molar refractivity (Wildman–Crippen MR) is 148 cm³/mol. The topological polar surface area (TPSA) is 98.5 Å². The third kappa shape index (κ3) is 4.12. The van der Waals surface area contributed by atoms with Gasteiger partial charge in [-0.05, 0) is 36.2 Å². The second-order valence-corrected chi connectivity index (χ2v) is 9.97. The van der Waals surface area contributed by atoms with Gasteiger partial charge < -0.3 is 29.6 Å². The summed E-state index contributed by atoms with van der Waals surface area (Å²) in [6.07, 6.45) is -0.122. The highest BCUT2D eigenvalue weighted by molar-refractivity contribution is 6.00. The molecular weight excluding hydrogens is 478 g/mol. The SMILES string of the molecule is COc1cc(C(=O)N2CC[C@@H](O)[C@@H](N)C2)cc2nc(-c3cc4ccccc4n3Cc3ccccc3)n(C)c12. The monoisotopic (exact) mass is 509 g/mol. The van der Waals surface area contributed by atoms with E-state index in [9.17, 15) is 9.90 Å². The summed E-state index contributed by atoms with van der Waals surface area (Å²) in [7, 11) is 3.58. The first kappa shape index (κ1) is 24.2.